The van der Waals surface area contributed by atoms with Crippen LogP contribution in [0.4, 0.5) is 5.69 Å². The molecule has 0 radical (unpaired) electrons. The van der Waals surface area contributed by atoms with Crippen LogP contribution in [-0.4, -0.2) is 50.9 Å². The molecule has 8 nitrogen and oxygen atoms in total. The third-order valence-corrected chi connectivity index (χ3v) is 8.11. The quantitative estimate of drug-likeness (QED) is 0.380. The predicted octanol–water partition coefficient (Wildman–Crippen LogP) is 4.45. The van der Waals surface area contributed by atoms with Crippen molar-refractivity contribution in [2.75, 3.05) is 18.0 Å². The van der Waals surface area contributed by atoms with Gasteiger partial charge in [-0.2, -0.15) is 0 Å². The minimum atomic E-state index is -4.09. The molecule has 3 aromatic carbocycles. The zero-order valence-corrected chi connectivity index (χ0v) is 24.2. The molecule has 1 N–H and O–H groups in total. The number of hydrogen-bond acceptors (Lipinski definition) is 5. The molecule has 0 saturated heterocycles. The Kier molecular flexibility index (Phi) is 9.75. The molecule has 39 heavy (non-hydrogen) atoms. The van der Waals surface area contributed by atoms with Gasteiger partial charge in [0.15, 0.2) is 0 Å². The molecular formula is C30H37N3O5S. The Balaban J connectivity index is 2.01. The Labute approximate surface area is 231 Å². The van der Waals surface area contributed by atoms with E-state index in [9.17, 15) is 18.0 Å². The Hall–Kier alpha value is -3.85. The lowest BCUT2D eigenvalue weighted by atomic mass is 10.1. The average Bonchev–Trinajstić information content (AvgIpc) is 2.90. The van der Waals surface area contributed by atoms with Crippen molar-refractivity contribution in [1.29, 1.82) is 0 Å². The number of rotatable bonds is 11. The first-order valence-electron chi connectivity index (χ1n) is 12.8. The summed E-state index contributed by atoms with van der Waals surface area (Å²) in [6.07, 6.45) is 0. The third kappa shape index (κ3) is 7.60. The largest absolute Gasteiger partial charge is 0.497 e. The maximum absolute atomic E-state index is 13.9. The van der Waals surface area contributed by atoms with Crippen LogP contribution < -0.4 is 14.4 Å². The van der Waals surface area contributed by atoms with Gasteiger partial charge in [-0.15, -0.1) is 0 Å². The SMILES string of the molecule is COc1ccc(CN(C(=O)CN(c2ccc(C)cc2)S(=O)(=O)c2ccc(C)cc2)C(C)C(=O)NC(C)C)cc1. The van der Waals surface area contributed by atoms with E-state index in [1.165, 1.54) is 17.0 Å². The topological polar surface area (TPSA) is 96.0 Å². The number of anilines is 1. The molecule has 0 aliphatic carbocycles. The predicted molar refractivity (Wildman–Crippen MR) is 153 cm³/mol. The highest BCUT2D eigenvalue weighted by Gasteiger charge is 2.32. The lowest BCUT2D eigenvalue weighted by Gasteiger charge is -2.32. The summed E-state index contributed by atoms with van der Waals surface area (Å²) in [6, 6.07) is 19.7. The lowest BCUT2D eigenvalue weighted by molar-refractivity contribution is -0.139. The van der Waals surface area contributed by atoms with Gasteiger partial charge in [0.2, 0.25) is 11.8 Å². The Bertz CT molecular complexity index is 1370. The number of amides is 2. The maximum Gasteiger partial charge on any atom is 0.264 e. The van der Waals surface area contributed by atoms with E-state index in [1.807, 2.05) is 39.8 Å². The van der Waals surface area contributed by atoms with Gasteiger partial charge >= 0.3 is 0 Å². The van der Waals surface area contributed by atoms with Gasteiger partial charge in [-0.3, -0.25) is 13.9 Å². The van der Waals surface area contributed by atoms with Crippen LogP contribution in [0, 0.1) is 13.8 Å². The second-order valence-corrected chi connectivity index (χ2v) is 11.7. The van der Waals surface area contributed by atoms with Crippen molar-refractivity contribution >= 4 is 27.5 Å². The van der Waals surface area contributed by atoms with E-state index in [2.05, 4.69) is 5.32 Å². The summed E-state index contributed by atoms with van der Waals surface area (Å²) in [5, 5.41) is 2.85. The van der Waals surface area contributed by atoms with Crippen LogP contribution in [0.25, 0.3) is 0 Å². The number of nitrogens with zero attached hydrogens (tertiary/aromatic N) is 2. The van der Waals surface area contributed by atoms with Gasteiger partial charge in [0, 0.05) is 12.6 Å². The molecule has 208 valence electrons. The molecule has 1 atom stereocenters. The minimum absolute atomic E-state index is 0.0776. The number of carbonyl (C=O) groups is 2. The van der Waals surface area contributed by atoms with Gasteiger partial charge in [0.05, 0.1) is 17.7 Å². The van der Waals surface area contributed by atoms with Crippen LogP contribution in [-0.2, 0) is 26.2 Å². The molecule has 9 heteroatoms. The van der Waals surface area contributed by atoms with Crippen molar-refractivity contribution in [3.05, 3.63) is 89.5 Å². The van der Waals surface area contributed by atoms with E-state index in [4.69, 9.17) is 4.74 Å². The van der Waals surface area contributed by atoms with Crippen LogP contribution in [0.2, 0.25) is 0 Å². The highest BCUT2D eigenvalue weighted by Crippen LogP contribution is 2.25. The number of hydrogen-bond donors (Lipinski definition) is 1. The van der Waals surface area contributed by atoms with E-state index >= 15 is 0 Å². The highest BCUT2D eigenvalue weighted by atomic mass is 32.2. The average molecular weight is 552 g/mol. The number of methoxy groups -OCH3 is 1. The van der Waals surface area contributed by atoms with Crippen molar-refractivity contribution < 1.29 is 22.7 Å². The summed E-state index contributed by atoms with van der Waals surface area (Å²) in [7, 11) is -2.52. The summed E-state index contributed by atoms with van der Waals surface area (Å²) >= 11 is 0. The van der Waals surface area contributed by atoms with Crippen LogP contribution in [0.5, 0.6) is 5.75 Å². The summed E-state index contributed by atoms with van der Waals surface area (Å²) in [4.78, 5) is 28.4. The Morgan fingerprint density at radius 1 is 0.846 bits per heavy atom. The molecule has 0 saturated carbocycles. The van der Waals surface area contributed by atoms with Gasteiger partial charge < -0.3 is 15.0 Å². The fourth-order valence-electron chi connectivity index (χ4n) is 3.99. The van der Waals surface area contributed by atoms with E-state index in [0.717, 1.165) is 21.0 Å². The third-order valence-electron chi connectivity index (χ3n) is 6.32. The minimum Gasteiger partial charge on any atom is -0.497 e. The summed E-state index contributed by atoms with van der Waals surface area (Å²) in [5.41, 5.74) is 3.01. The van der Waals surface area contributed by atoms with Crippen LogP contribution in [0.1, 0.15) is 37.5 Å². The standard InChI is InChI=1S/C30H37N3O5S/c1-21(2)31-30(35)24(5)32(19-25-11-15-27(38-6)16-12-25)29(34)20-33(26-13-7-22(3)8-14-26)39(36,37)28-17-9-23(4)10-18-28/h7-18,21,24H,19-20H2,1-6H3,(H,31,35). The van der Waals surface area contributed by atoms with Crippen LogP contribution >= 0.6 is 0 Å². The van der Waals surface area contributed by atoms with Gasteiger partial charge in [-0.25, -0.2) is 8.42 Å². The van der Waals surface area contributed by atoms with Crippen molar-refractivity contribution in [3.63, 3.8) is 0 Å². The van der Waals surface area contributed by atoms with Crippen molar-refractivity contribution in [2.24, 2.45) is 0 Å². The summed E-state index contributed by atoms with van der Waals surface area (Å²) < 4.78 is 34.0. The fourth-order valence-corrected chi connectivity index (χ4v) is 5.41. The monoisotopic (exact) mass is 551 g/mol. The van der Waals surface area contributed by atoms with Gasteiger partial charge in [0.25, 0.3) is 10.0 Å². The first-order chi connectivity index (χ1) is 18.4. The Morgan fingerprint density at radius 3 is 1.90 bits per heavy atom. The number of ether oxygens (including phenoxy) is 1. The molecule has 0 aromatic heterocycles. The van der Waals surface area contributed by atoms with E-state index in [0.29, 0.717) is 11.4 Å². The van der Waals surface area contributed by atoms with E-state index in [-0.39, 0.29) is 23.4 Å². The molecule has 1 unspecified atom stereocenters. The second kappa shape index (κ2) is 12.8. The fraction of sp³-hybridized carbons (Fsp3) is 0.333. The van der Waals surface area contributed by atoms with Crippen molar-refractivity contribution in [2.45, 2.75) is 58.1 Å². The highest BCUT2D eigenvalue weighted by molar-refractivity contribution is 7.92. The molecule has 0 heterocycles. The smallest absolute Gasteiger partial charge is 0.264 e. The molecule has 0 aliphatic rings. The van der Waals surface area contributed by atoms with Gasteiger partial charge in [-0.1, -0.05) is 47.5 Å². The first kappa shape index (κ1) is 29.7. The number of carbonyl (C=O) groups excluding carboxylic acids is 2. The van der Waals surface area contributed by atoms with Gasteiger partial charge in [0.1, 0.15) is 18.3 Å². The molecule has 0 spiro atoms. The maximum atomic E-state index is 13.9. The molecule has 3 aromatic rings. The molecule has 0 aliphatic heterocycles. The zero-order valence-electron chi connectivity index (χ0n) is 23.3. The number of aryl methyl sites for hydroxylation is 2. The number of sulfonamides is 1. The molecule has 2 amide bonds. The van der Waals surface area contributed by atoms with Crippen molar-refractivity contribution in [1.82, 2.24) is 10.2 Å². The van der Waals surface area contributed by atoms with Crippen molar-refractivity contribution in [3.8, 4) is 5.75 Å². The molecule has 0 fully saturated rings. The van der Waals surface area contributed by atoms with Crippen LogP contribution in [0.15, 0.2) is 77.7 Å². The molecule has 0 bridgehead atoms. The first-order valence-corrected chi connectivity index (χ1v) is 14.2. The number of nitrogens with one attached hydrogen (secondary N) is 1. The second-order valence-electron chi connectivity index (χ2n) is 9.87. The van der Waals surface area contributed by atoms with Gasteiger partial charge in [-0.05, 0) is 76.6 Å². The van der Waals surface area contributed by atoms with E-state index in [1.54, 1.807) is 62.6 Å². The van der Waals surface area contributed by atoms with Crippen LogP contribution in [0.3, 0.4) is 0 Å². The molecular weight excluding hydrogens is 514 g/mol. The summed E-state index contributed by atoms with van der Waals surface area (Å²) in [6.45, 7) is 8.74. The molecule has 3 rings (SSSR count). The summed E-state index contributed by atoms with van der Waals surface area (Å²) in [5.74, 6) is -0.166. The normalized spacial score (nSPS) is 12.1. The van der Waals surface area contributed by atoms with E-state index < -0.39 is 28.5 Å². The lowest BCUT2D eigenvalue weighted by Crippen LogP contribution is -2.52. The zero-order chi connectivity index (χ0) is 28.7. The number of benzene rings is 3. The Morgan fingerprint density at radius 2 is 1.38 bits per heavy atom.